The molecular formula is C14H9NO2S. The van der Waals surface area contributed by atoms with Gasteiger partial charge >= 0.3 is 0 Å². The summed E-state index contributed by atoms with van der Waals surface area (Å²) in [6, 6.07) is 7.93. The fourth-order valence-corrected chi connectivity index (χ4v) is 2.74. The summed E-state index contributed by atoms with van der Waals surface area (Å²) in [6.45, 7) is 2.02. The Kier molecular flexibility index (Phi) is 2.45. The molecule has 0 radical (unpaired) electrons. The number of carbonyl (C=O) groups excluding carboxylic acids is 2. The first-order chi connectivity index (χ1) is 8.65. The average Bonchev–Trinajstić information content (AvgIpc) is 2.80. The highest BCUT2D eigenvalue weighted by Crippen LogP contribution is 2.31. The first-order valence-corrected chi connectivity index (χ1v) is 6.31. The number of allylic oxidation sites excluding steroid dienone is 1. The van der Waals surface area contributed by atoms with Crippen LogP contribution in [-0.4, -0.2) is 16.6 Å². The fraction of sp³-hybridized carbons (Fsp3) is 0.0714. The number of ketones is 2. The molecule has 1 heterocycles. The van der Waals surface area contributed by atoms with Gasteiger partial charge in [-0.3, -0.25) is 9.59 Å². The molecule has 0 fully saturated rings. The van der Waals surface area contributed by atoms with Crippen molar-refractivity contribution in [1.82, 2.24) is 4.98 Å². The Hall–Kier alpha value is -2.07. The third kappa shape index (κ3) is 1.71. The molecule has 0 aliphatic heterocycles. The van der Waals surface area contributed by atoms with E-state index in [9.17, 15) is 9.59 Å². The summed E-state index contributed by atoms with van der Waals surface area (Å²) in [5, 5.41) is 0.771. The molecule has 0 bridgehead atoms. The molecule has 0 saturated carbocycles. The lowest BCUT2D eigenvalue weighted by Crippen LogP contribution is -2.15. The highest BCUT2D eigenvalue weighted by atomic mass is 32.1. The molecule has 18 heavy (non-hydrogen) atoms. The lowest BCUT2D eigenvalue weighted by Gasteiger charge is -1.98. The van der Waals surface area contributed by atoms with Gasteiger partial charge in [0, 0.05) is 5.56 Å². The van der Waals surface area contributed by atoms with E-state index in [2.05, 4.69) is 4.98 Å². The molecule has 0 spiro atoms. The van der Waals surface area contributed by atoms with Gasteiger partial charge in [-0.15, -0.1) is 11.3 Å². The molecule has 0 N–H and O–H groups in total. The number of carbonyl (C=O) groups is 2. The van der Waals surface area contributed by atoms with Crippen molar-refractivity contribution in [2.45, 2.75) is 6.92 Å². The second kappa shape index (κ2) is 3.99. The largest absolute Gasteiger partial charge is 0.285 e. The Morgan fingerprint density at radius 2 is 1.78 bits per heavy atom. The van der Waals surface area contributed by atoms with Gasteiger partial charge in [-0.05, 0) is 19.1 Å². The first kappa shape index (κ1) is 11.0. The summed E-state index contributed by atoms with van der Waals surface area (Å²) in [7, 11) is 0. The van der Waals surface area contributed by atoms with Crippen molar-refractivity contribution in [2.24, 2.45) is 0 Å². The van der Waals surface area contributed by atoms with Gasteiger partial charge < -0.3 is 0 Å². The van der Waals surface area contributed by atoms with E-state index >= 15 is 0 Å². The lowest BCUT2D eigenvalue weighted by molar-refractivity contribution is -0.110. The molecule has 3 rings (SSSR count). The Balaban J connectivity index is 2.09. The zero-order valence-corrected chi connectivity index (χ0v) is 10.5. The van der Waals surface area contributed by atoms with Crippen LogP contribution in [0.25, 0.3) is 16.6 Å². The molecule has 88 valence electrons. The number of aryl methyl sites for hydroxylation is 1. The molecule has 4 heteroatoms. The van der Waals surface area contributed by atoms with Crippen LogP contribution in [0.5, 0.6) is 0 Å². The van der Waals surface area contributed by atoms with Gasteiger partial charge in [0.1, 0.15) is 10.7 Å². The number of nitrogens with zero attached hydrogens (tertiary/aromatic N) is 1. The van der Waals surface area contributed by atoms with Crippen LogP contribution in [0.15, 0.2) is 30.3 Å². The molecule has 1 aliphatic carbocycles. The standard InChI is InChI=1S/C14H9NO2S/c1-8-2-4-9(5-3-8)14-15-12-11(18-14)7-6-10(16)13(12)17/h2-7H,1H3. The van der Waals surface area contributed by atoms with Crippen LogP contribution >= 0.6 is 11.3 Å². The summed E-state index contributed by atoms with van der Waals surface area (Å²) in [4.78, 5) is 28.0. The van der Waals surface area contributed by atoms with Gasteiger partial charge in [-0.2, -0.15) is 0 Å². The van der Waals surface area contributed by atoms with Gasteiger partial charge in [-0.25, -0.2) is 4.98 Å². The monoisotopic (exact) mass is 255 g/mol. The second-order valence-corrected chi connectivity index (χ2v) is 5.16. The predicted molar refractivity (Wildman–Crippen MR) is 70.7 cm³/mol. The molecule has 2 aromatic rings. The number of hydrogen-bond acceptors (Lipinski definition) is 4. The van der Waals surface area contributed by atoms with Gasteiger partial charge in [-0.1, -0.05) is 29.8 Å². The van der Waals surface area contributed by atoms with E-state index in [4.69, 9.17) is 0 Å². The van der Waals surface area contributed by atoms with Crippen molar-refractivity contribution in [3.8, 4) is 10.6 Å². The summed E-state index contributed by atoms with van der Waals surface area (Å²) < 4.78 is 0. The van der Waals surface area contributed by atoms with Crippen LogP contribution in [0.2, 0.25) is 0 Å². The van der Waals surface area contributed by atoms with Gasteiger partial charge in [0.25, 0.3) is 5.78 Å². The van der Waals surface area contributed by atoms with E-state index in [0.29, 0.717) is 0 Å². The zero-order chi connectivity index (χ0) is 12.7. The Bertz CT molecular complexity index is 680. The molecule has 3 nitrogen and oxygen atoms in total. The van der Waals surface area contributed by atoms with Gasteiger partial charge in [0.2, 0.25) is 5.78 Å². The summed E-state index contributed by atoms with van der Waals surface area (Å²) in [6.07, 6.45) is 2.97. The minimum atomic E-state index is -0.512. The average molecular weight is 255 g/mol. The van der Waals surface area contributed by atoms with E-state index in [-0.39, 0.29) is 5.69 Å². The van der Waals surface area contributed by atoms with Crippen LogP contribution in [0, 0.1) is 6.92 Å². The highest BCUT2D eigenvalue weighted by Gasteiger charge is 2.25. The van der Waals surface area contributed by atoms with Gasteiger partial charge in [0.05, 0.1) is 4.88 Å². The number of benzene rings is 1. The highest BCUT2D eigenvalue weighted by molar-refractivity contribution is 7.16. The summed E-state index contributed by atoms with van der Waals surface area (Å²) in [5.74, 6) is -1.01. The molecule has 1 aliphatic rings. The number of thiazole rings is 1. The van der Waals surface area contributed by atoms with E-state index in [1.807, 2.05) is 31.2 Å². The van der Waals surface area contributed by atoms with Crippen molar-refractivity contribution in [3.05, 3.63) is 46.5 Å². The normalized spacial score (nSPS) is 13.8. The molecule has 1 aromatic carbocycles. The first-order valence-electron chi connectivity index (χ1n) is 5.50. The molecule has 0 atom stereocenters. The number of fused-ring (bicyclic) bond motifs is 1. The van der Waals surface area contributed by atoms with E-state index in [1.54, 1.807) is 6.08 Å². The second-order valence-electron chi connectivity index (χ2n) is 4.12. The smallest absolute Gasteiger partial charge is 0.252 e. The zero-order valence-electron chi connectivity index (χ0n) is 9.64. The minimum absolute atomic E-state index is 0.281. The van der Waals surface area contributed by atoms with Crippen LogP contribution in [0.1, 0.15) is 20.9 Å². The van der Waals surface area contributed by atoms with Crippen LogP contribution < -0.4 is 0 Å². The molecule has 0 unspecified atom stereocenters. The van der Waals surface area contributed by atoms with E-state index in [0.717, 1.165) is 15.4 Å². The Morgan fingerprint density at radius 3 is 2.50 bits per heavy atom. The van der Waals surface area contributed by atoms with Crippen molar-refractivity contribution in [3.63, 3.8) is 0 Å². The minimum Gasteiger partial charge on any atom is -0.285 e. The SMILES string of the molecule is Cc1ccc(-c2nc3c(s2)C=CC(=O)C3=O)cc1. The van der Waals surface area contributed by atoms with Gasteiger partial charge in [0.15, 0.2) is 0 Å². The van der Waals surface area contributed by atoms with E-state index < -0.39 is 11.6 Å². The van der Waals surface area contributed by atoms with E-state index in [1.165, 1.54) is 23.0 Å². The number of hydrogen-bond donors (Lipinski definition) is 0. The van der Waals surface area contributed by atoms with Crippen LogP contribution in [0.4, 0.5) is 0 Å². The Morgan fingerprint density at radius 1 is 1.06 bits per heavy atom. The summed E-state index contributed by atoms with van der Waals surface area (Å²) in [5.41, 5.74) is 2.42. The number of rotatable bonds is 1. The molecule has 0 amide bonds. The quantitative estimate of drug-likeness (QED) is 0.736. The van der Waals surface area contributed by atoms with Crippen molar-refractivity contribution in [1.29, 1.82) is 0 Å². The Labute approximate surface area is 108 Å². The topological polar surface area (TPSA) is 47.0 Å². The summed E-state index contributed by atoms with van der Waals surface area (Å²) >= 11 is 1.43. The molecular weight excluding hydrogens is 246 g/mol. The maximum Gasteiger partial charge on any atom is 0.252 e. The molecule has 0 saturated heterocycles. The third-order valence-corrected chi connectivity index (χ3v) is 3.85. The van der Waals surface area contributed by atoms with Crippen LogP contribution in [-0.2, 0) is 4.79 Å². The maximum atomic E-state index is 11.7. The number of aromatic nitrogens is 1. The van der Waals surface area contributed by atoms with Crippen LogP contribution in [0.3, 0.4) is 0 Å². The lowest BCUT2D eigenvalue weighted by atomic mass is 10.1. The van der Waals surface area contributed by atoms with Crippen molar-refractivity contribution in [2.75, 3.05) is 0 Å². The predicted octanol–water partition coefficient (Wildman–Crippen LogP) is 2.90. The van der Waals surface area contributed by atoms with Crippen molar-refractivity contribution < 1.29 is 9.59 Å². The number of Topliss-reactive ketones (excluding diaryl/α,β-unsaturated/α-hetero) is 1. The maximum absolute atomic E-state index is 11.7. The third-order valence-electron chi connectivity index (χ3n) is 2.78. The fourth-order valence-electron chi connectivity index (χ4n) is 1.77. The molecule has 1 aromatic heterocycles. The van der Waals surface area contributed by atoms with Crippen molar-refractivity contribution >= 4 is 29.0 Å².